The van der Waals surface area contributed by atoms with Gasteiger partial charge in [-0.25, -0.2) is 0 Å². The van der Waals surface area contributed by atoms with Gasteiger partial charge in [-0.05, 0) is 133 Å². The summed E-state index contributed by atoms with van der Waals surface area (Å²) in [4.78, 5) is 0. The fourth-order valence-electron chi connectivity index (χ4n) is 6.66. The Morgan fingerprint density at radius 1 is 0.308 bits per heavy atom. The monoisotopic (exact) mass is 822 g/mol. The predicted molar refractivity (Wildman–Crippen MR) is 221 cm³/mol. The molecule has 0 aliphatic carbocycles. The largest absolute Gasteiger partial charge is 0.507 e. The van der Waals surface area contributed by atoms with Crippen LogP contribution in [0.15, 0.2) is 72.8 Å². The maximum Gasteiger partial charge on any atom is 0.180 e. The van der Waals surface area contributed by atoms with Gasteiger partial charge in [0, 0.05) is 11.8 Å². The first-order chi connectivity index (χ1) is 24.2. The molecule has 10 heteroatoms. The minimum absolute atomic E-state index is 0.116. The van der Waals surface area contributed by atoms with Gasteiger partial charge in [0.15, 0.2) is 8.59 Å². The topological polar surface area (TPSA) is 80.9 Å². The number of phenolic OH excluding ortho intramolecular Hbond substituents is 4. The van der Waals surface area contributed by atoms with Crippen LogP contribution in [0.4, 0.5) is 0 Å². The van der Waals surface area contributed by atoms with Crippen molar-refractivity contribution >= 4 is 69.6 Å². The summed E-state index contributed by atoms with van der Waals surface area (Å²) in [5.41, 5.74) is 13.1. The number of hydrogen-bond donors (Lipinski definition) is 4. The van der Waals surface area contributed by atoms with Crippen molar-refractivity contribution in [2.75, 3.05) is 0 Å². The second-order valence-electron chi connectivity index (χ2n) is 13.0. The molecule has 0 amide bonds. The quantitative estimate of drug-likeness (QED) is 0.102. The number of halogens is 6. The molecule has 0 saturated carbocycles. The molecular weight excluding hydrogens is 781 g/mol. The van der Waals surface area contributed by atoms with Gasteiger partial charge in [0.2, 0.25) is 0 Å². The van der Waals surface area contributed by atoms with E-state index in [-0.39, 0.29) is 11.8 Å². The lowest BCUT2D eigenvalue weighted by atomic mass is 9.79. The van der Waals surface area contributed by atoms with E-state index in [9.17, 15) is 20.4 Å². The number of benzene rings is 5. The molecule has 0 aliphatic heterocycles. The molecule has 0 aliphatic rings. The SMILES string of the molecule is Cc1cc(C(c2ccc(C(c3cc(C)c(O)c(C)c3)c3cc(C)c(O)c(C)c3)cc2)c2cc(C)c(O)c(C)c2)cc(C)c1O.ClC(Cl)Cl.ClC(Cl)Cl. The third kappa shape index (κ3) is 11.0. The van der Waals surface area contributed by atoms with E-state index < -0.39 is 8.59 Å². The van der Waals surface area contributed by atoms with E-state index >= 15 is 0 Å². The minimum Gasteiger partial charge on any atom is -0.507 e. The molecule has 5 rings (SSSR count). The van der Waals surface area contributed by atoms with Crippen LogP contribution in [0.25, 0.3) is 0 Å². The zero-order chi connectivity index (χ0) is 39.2. The molecule has 0 fully saturated rings. The van der Waals surface area contributed by atoms with Crippen LogP contribution in [-0.4, -0.2) is 29.0 Å². The van der Waals surface area contributed by atoms with Crippen LogP contribution in [0.5, 0.6) is 23.0 Å². The van der Waals surface area contributed by atoms with Crippen LogP contribution in [0.1, 0.15) is 89.7 Å². The van der Waals surface area contributed by atoms with Crippen molar-refractivity contribution in [2.24, 2.45) is 0 Å². The summed E-state index contributed by atoms with van der Waals surface area (Å²) in [7, 11) is 0. The summed E-state index contributed by atoms with van der Waals surface area (Å²) in [6.07, 6.45) is 0. The Labute approximate surface area is 337 Å². The molecule has 0 radical (unpaired) electrons. The molecule has 0 atom stereocenters. The minimum atomic E-state index is -0.750. The van der Waals surface area contributed by atoms with Crippen LogP contribution in [0.2, 0.25) is 0 Å². The standard InChI is InChI=1S/C40H42O4.2CHCl3/c1-21-13-31(14-22(2)37(21)41)35(32-15-23(3)38(42)24(4)16-32)29-9-11-30(12-10-29)36(33-17-25(5)39(43)26(6)18-33)34-19-27(7)40(44)28(8)20-34;2*2-1(3)4/h9-20,35-36,41-44H,1-8H3;2*1H. The number of hydrogen-bond acceptors (Lipinski definition) is 4. The van der Waals surface area contributed by atoms with E-state index in [1.165, 1.54) is 0 Å². The van der Waals surface area contributed by atoms with Gasteiger partial charge in [0.1, 0.15) is 23.0 Å². The fraction of sp³-hybridized carbons (Fsp3) is 0.286. The van der Waals surface area contributed by atoms with Crippen molar-refractivity contribution in [1.29, 1.82) is 0 Å². The molecule has 5 aromatic carbocycles. The Morgan fingerprint density at radius 2 is 0.442 bits per heavy atom. The van der Waals surface area contributed by atoms with Gasteiger partial charge in [-0.2, -0.15) is 0 Å². The highest BCUT2D eigenvalue weighted by molar-refractivity contribution is 6.63. The molecule has 0 unspecified atom stereocenters. The van der Waals surface area contributed by atoms with Crippen molar-refractivity contribution < 1.29 is 20.4 Å². The fourth-order valence-corrected chi connectivity index (χ4v) is 6.66. The lowest BCUT2D eigenvalue weighted by molar-refractivity contribution is 0.465. The normalized spacial score (nSPS) is 11.1. The highest BCUT2D eigenvalue weighted by Gasteiger charge is 2.24. The van der Waals surface area contributed by atoms with E-state index in [2.05, 4.69) is 24.3 Å². The third-order valence-electron chi connectivity index (χ3n) is 8.99. The van der Waals surface area contributed by atoms with E-state index in [0.717, 1.165) is 77.9 Å². The molecule has 0 bridgehead atoms. The van der Waals surface area contributed by atoms with Gasteiger partial charge in [-0.1, -0.05) is 142 Å². The molecule has 0 saturated heterocycles. The van der Waals surface area contributed by atoms with Crippen molar-refractivity contribution in [3.05, 3.63) is 151 Å². The van der Waals surface area contributed by atoms with Gasteiger partial charge in [-0.3, -0.25) is 0 Å². The highest BCUT2D eigenvalue weighted by Crippen LogP contribution is 2.41. The molecule has 4 nitrogen and oxygen atoms in total. The highest BCUT2D eigenvalue weighted by atomic mass is 35.6. The molecule has 0 heterocycles. The van der Waals surface area contributed by atoms with Crippen LogP contribution in [-0.2, 0) is 0 Å². The second-order valence-corrected chi connectivity index (χ2v) is 17.0. The van der Waals surface area contributed by atoms with Gasteiger partial charge < -0.3 is 20.4 Å². The maximum atomic E-state index is 10.5. The summed E-state index contributed by atoms with van der Waals surface area (Å²) < 4.78 is -1.50. The van der Waals surface area contributed by atoms with Gasteiger partial charge in [0.25, 0.3) is 0 Å². The van der Waals surface area contributed by atoms with Crippen molar-refractivity contribution in [1.82, 2.24) is 0 Å². The van der Waals surface area contributed by atoms with Gasteiger partial charge >= 0.3 is 0 Å². The van der Waals surface area contributed by atoms with Crippen LogP contribution in [0, 0.1) is 55.4 Å². The summed E-state index contributed by atoms with van der Waals surface area (Å²) in [6, 6.07) is 25.1. The molecular formula is C42H44Cl6O4. The molecule has 278 valence electrons. The van der Waals surface area contributed by atoms with Gasteiger partial charge in [-0.15, -0.1) is 0 Å². The maximum absolute atomic E-state index is 10.5. The first-order valence-corrected chi connectivity index (χ1v) is 19.0. The average Bonchev–Trinajstić information content (AvgIpc) is 3.04. The number of phenols is 4. The molecule has 0 spiro atoms. The van der Waals surface area contributed by atoms with Crippen LogP contribution < -0.4 is 0 Å². The van der Waals surface area contributed by atoms with Crippen LogP contribution >= 0.6 is 69.6 Å². The summed E-state index contributed by atoms with van der Waals surface area (Å²) in [5.74, 6) is 1.00. The zero-order valence-corrected chi connectivity index (χ0v) is 34.8. The summed E-state index contributed by atoms with van der Waals surface area (Å²) in [6.45, 7) is 15.4. The first kappa shape index (κ1) is 43.4. The number of alkyl halides is 6. The first-order valence-electron chi connectivity index (χ1n) is 16.4. The second kappa shape index (κ2) is 18.9. The molecule has 0 aromatic heterocycles. The lowest BCUT2D eigenvalue weighted by Gasteiger charge is -2.25. The van der Waals surface area contributed by atoms with E-state index in [1.54, 1.807) is 0 Å². The molecule has 5 aromatic rings. The Morgan fingerprint density at radius 3 is 0.577 bits per heavy atom. The Balaban J connectivity index is 0.000000827. The Kier molecular flexibility index (Phi) is 15.8. The van der Waals surface area contributed by atoms with Crippen LogP contribution in [0.3, 0.4) is 0 Å². The summed E-state index contributed by atoms with van der Waals surface area (Å²) >= 11 is 28.8. The molecule has 52 heavy (non-hydrogen) atoms. The number of aryl methyl sites for hydroxylation is 8. The smallest absolute Gasteiger partial charge is 0.180 e. The van der Waals surface area contributed by atoms with Crippen molar-refractivity contribution in [2.45, 2.75) is 75.8 Å². The molecule has 4 N–H and O–H groups in total. The van der Waals surface area contributed by atoms with E-state index in [4.69, 9.17) is 69.6 Å². The zero-order valence-electron chi connectivity index (χ0n) is 30.3. The van der Waals surface area contributed by atoms with Crippen molar-refractivity contribution in [3.8, 4) is 23.0 Å². The van der Waals surface area contributed by atoms with Gasteiger partial charge in [0.05, 0.1) is 0 Å². The van der Waals surface area contributed by atoms with E-state index in [0.29, 0.717) is 23.0 Å². The number of aromatic hydroxyl groups is 4. The number of rotatable bonds is 6. The van der Waals surface area contributed by atoms with E-state index in [1.807, 2.05) is 104 Å². The Hall–Kier alpha value is -2.96. The van der Waals surface area contributed by atoms with Crippen molar-refractivity contribution in [3.63, 3.8) is 0 Å². The average molecular weight is 826 g/mol. The predicted octanol–water partition coefficient (Wildman–Crippen LogP) is 13.3. The Bertz CT molecular complexity index is 1650. The summed E-state index contributed by atoms with van der Waals surface area (Å²) in [5, 5.41) is 42.2. The third-order valence-corrected chi connectivity index (χ3v) is 8.99. The lowest BCUT2D eigenvalue weighted by Crippen LogP contribution is -2.08.